The molecule has 1 aliphatic rings. The molecule has 0 unspecified atom stereocenters. The van der Waals surface area contributed by atoms with Crippen LogP contribution in [0, 0.1) is 0 Å². The number of rotatable bonds is 6. The number of sulfone groups is 1. The molecule has 4 nitrogen and oxygen atoms in total. The lowest BCUT2D eigenvalue weighted by Gasteiger charge is -2.32. The summed E-state index contributed by atoms with van der Waals surface area (Å²) in [5.41, 5.74) is 1.16. The van der Waals surface area contributed by atoms with E-state index in [9.17, 15) is 13.2 Å². The number of likely N-dealkylation sites (tertiary alicyclic amines) is 1. The Morgan fingerprint density at radius 3 is 2.26 bits per heavy atom. The minimum atomic E-state index is -3.31. The van der Waals surface area contributed by atoms with Crippen LogP contribution in [0.3, 0.4) is 0 Å². The van der Waals surface area contributed by atoms with E-state index >= 15 is 0 Å². The van der Waals surface area contributed by atoms with Crippen LogP contribution in [0.1, 0.15) is 24.8 Å². The highest BCUT2D eigenvalue weighted by Crippen LogP contribution is 2.25. The minimum absolute atomic E-state index is 0.111. The lowest BCUT2D eigenvalue weighted by Crippen LogP contribution is -2.42. The second-order valence-corrected chi connectivity index (χ2v) is 9.89. The Bertz CT molecular complexity index is 856. The summed E-state index contributed by atoms with van der Waals surface area (Å²) >= 11 is 1.70. The van der Waals surface area contributed by atoms with Crippen molar-refractivity contribution < 1.29 is 13.2 Å². The maximum atomic E-state index is 12.7. The van der Waals surface area contributed by atoms with Crippen molar-refractivity contribution in [1.29, 1.82) is 0 Å². The van der Waals surface area contributed by atoms with Gasteiger partial charge in [0.25, 0.3) is 0 Å². The van der Waals surface area contributed by atoms with Gasteiger partial charge in [0.1, 0.15) is 0 Å². The molecule has 0 N–H and O–H groups in total. The van der Waals surface area contributed by atoms with Gasteiger partial charge in [-0.2, -0.15) is 0 Å². The summed E-state index contributed by atoms with van der Waals surface area (Å²) in [7, 11) is -3.31. The summed E-state index contributed by atoms with van der Waals surface area (Å²) in [6.07, 6.45) is 4.24. The molecule has 0 radical (unpaired) electrons. The third kappa shape index (κ3) is 4.93. The normalized spacial score (nSPS) is 15.7. The molecule has 1 fully saturated rings. The Hall–Kier alpha value is -1.79. The van der Waals surface area contributed by atoms with Gasteiger partial charge in [-0.3, -0.25) is 4.79 Å². The zero-order valence-electron chi connectivity index (χ0n) is 15.5. The highest BCUT2D eigenvalue weighted by atomic mass is 32.2. The first-order valence-electron chi connectivity index (χ1n) is 9.20. The average Bonchev–Trinajstić information content (AvgIpc) is 2.73. The first kappa shape index (κ1) is 20.0. The second-order valence-electron chi connectivity index (χ2n) is 6.79. The third-order valence-corrected chi connectivity index (χ3v) is 8.11. The molecule has 3 rings (SSSR count). The maximum Gasteiger partial charge on any atom is 0.222 e. The number of amides is 1. The number of hydrogen-bond acceptors (Lipinski definition) is 4. The molecule has 0 aromatic heterocycles. The van der Waals surface area contributed by atoms with Gasteiger partial charge in [-0.05, 0) is 55.3 Å². The number of aryl methyl sites for hydroxylation is 1. The van der Waals surface area contributed by atoms with Crippen molar-refractivity contribution in [3.8, 4) is 0 Å². The first-order chi connectivity index (χ1) is 13.0. The number of piperidine rings is 1. The summed E-state index contributed by atoms with van der Waals surface area (Å²) in [5, 5.41) is -0.400. The first-order valence-corrected chi connectivity index (χ1v) is 12.0. The molecule has 6 heteroatoms. The fraction of sp³-hybridized carbons (Fsp3) is 0.381. The van der Waals surface area contributed by atoms with E-state index in [1.807, 2.05) is 17.2 Å². The van der Waals surface area contributed by atoms with E-state index < -0.39 is 15.1 Å². The van der Waals surface area contributed by atoms with Crippen LogP contribution in [0.25, 0.3) is 0 Å². The van der Waals surface area contributed by atoms with E-state index in [2.05, 4.69) is 24.3 Å². The van der Waals surface area contributed by atoms with Crippen LogP contribution in [0.4, 0.5) is 0 Å². The zero-order chi connectivity index (χ0) is 19.3. The number of carbonyl (C=O) groups is 1. The molecule has 1 heterocycles. The Balaban J connectivity index is 1.51. The fourth-order valence-electron chi connectivity index (χ4n) is 3.42. The lowest BCUT2D eigenvalue weighted by molar-refractivity contribution is -0.132. The lowest BCUT2D eigenvalue weighted by atomic mass is 10.1. The highest BCUT2D eigenvalue weighted by Gasteiger charge is 2.32. The van der Waals surface area contributed by atoms with Gasteiger partial charge in [0.05, 0.1) is 10.1 Å². The molecular weight excluding hydrogens is 378 g/mol. The monoisotopic (exact) mass is 403 g/mol. The summed E-state index contributed by atoms with van der Waals surface area (Å²) in [4.78, 5) is 15.9. The van der Waals surface area contributed by atoms with E-state index in [0.717, 1.165) is 12.0 Å². The Morgan fingerprint density at radius 1 is 1.04 bits per heavy atom. The van der Waals surface area contributed by atoms with Crippen LogP contribution >= 0.6 is 11.8 Å². The van der Waals surface area contributed by atoms with Gasteiger partial charge in [0.15, 0.2) is 9.84 Å². The number of thioether (sulfide) groups is 1. The topological polar surface area (TPSA) is 54.5 Å². The van der Waals surface area contributed by atoms with Crippen molar-refractivity contribution in [1.82, 2.24) is 4.90 Å². The minimum Gasteiger partial charge on any atom is -0.343 e. The molecule has 1 saturated heterocycles. The molecule has 2 aromatic rings. The summed E-state index contributed by atoms with van der Waals surface area (Å²) in [6.45, 7) is 1.03. The van der Waals surface area contributed by atoms with Crippen molar-refractivity contribution in [2.24, 2.45) is 0 Å². The van der Waals surface area contributed by atoms with E-state index in [4.69, 9.17) is 0 Å². The summed E-state index contributed by atoms with van der Waals surface area (Å²) < 4.78 is 25.4. The smallest absolute Gasteiger partial charge is 0.222 e. The molecule has 2 aromatic carbocycles. The Kier molecular flexibility index (Phi) is 6.60. The summed E-state index contributed by atoms with van der Waals surface area (Å²) in [5.74, 6) is 0.111. The molecule has 0 spiro atoms. The SMILES string of the molecule is CSc1ccc(CCC(=O)N2CCC(S(=O)(=O)c3ccccc3)CC2)cc1. The van der Waals surface area contributed by atoms with Crippen LogP contribution in [0.5, 0.6) is 0 Å². The van der Waals surface area contributed by atoms with Crippen LogP contribution in [-0.2, 0) is 21.1 Å². The quantitative estimate of drug-likeness (QED) is 0.689. The molecule has 0 saturated carbocycles. The highest BCUT2D eigenvalue weighted by molar-refractivity contribution is 7.98. The van der Waals surface area contributed by atoms with Gasteiger partial charge in [-0.1, -0.05) is 30.3 Å². The van der Waals surface area contributed by atoms with Crippen LogP contribution < -0.4 is 0 Å². The largest absolute Gasteiger partial charge is 0.343 e. The molecule has 0 aliphatic carbocycles. The van der Waals surface area contributed by atoms with E-state index in [1.165, 1.54) is 4.90 Å². The molecule has 144 valence electrons. The predicted octanol–water partition coefficient (Wildman–Crippen LogP) is 3.81. The predicted molar refractivity (Wildman–Crippen MR) is 110 cm³/mol. The van der Waals surface area contributed by atoms with E-state index in [0.29, 0.717) is 37.2 Å². The van der Waals surface area contributed by atoms with Gasteiger partial charge in [-0.25, -0.2) is 8.42 Å². The van der Waals surface area contributed by atoms with Gasteiger partial charge in [0, 0.05) is 24.4 Å². The van der Waals surface area contributed by atoms with Gasteiger partial charge >= 0.3 is 0 Å². The average molecular weight is 404 g/mol. The van der Waals surface area contributed by atoms with E-state index in [1.54, 1.807) is 36.0 Å². The van der Waals surface area contributed by atoms with Crippen molar-refractivity contribution in [2.75, 3.05) is 19.3 Å². The van der Waals surface area contributed by atoms with E-state index in [-0.39, 0.29) is 5.91 Å². The number of nitrogens with zero attached hydrogens (tertiary/aromatic N) is 1. The molecule has 1 aliphatic heterocycles. The molecule has 0 bridgehead atoms. The van der Waals surface area contributed by atoms with Crippen molar-refractivity contribution >= 4 is 27.5 Å². The van der Waals surface area contributed by atoms with Gasteiger partial charge in [-0.15, -0.1) is 11.8 Å². The van der Waals surface area contributed by atoms with Gasteiger partial charge in [0.2, 0.25) is 5.91 Å². The maximum absolute atomic E-state index is 12.7. The zero-order valence-corrected chi connectivity index (χ0v) is 17.1. The second kappa shape index (κ2) is 8.93. The van der Waals surface area contributed by atoms with Crippen LogP contribution in [-0.4, -0.2) is 43.8 Å². The third-order valence-electron chi connectivity index (χ3n) is 5.09. The van der Waals surface area contributed by atoms with Gasteiger partial charge < -0.3 is 4.90 Å². The fourth-order valence-corrected chi connectivity index (χ4v) is 5.58. The van der Waals surface area contributed by atoms with Crippen molar-refractivity contribution in [3.63, 3.8) is 0 Å². The van der Waals surface area contributed by atoms with Crippen molar-refractivity contribution in [2.45, 2.75) is 40.7 Å². The van der Waals surface area contributed by atoms with Crippen LogP contribution in [0.15, 0.2) is 64.4 Å². The van der Waals surface area contributed by atoms with Crippen molar-refractivity contribution in [3.05, 3.63) is 60.2 Å². The standard InChI is InChI=1S/C21H25NO3S2/c1-26-18-10-7-17(8-11-18)9-12-21(23)22-15-13-20(14-16-22)27(24,25)19-5-3-2-4-6-19/h2-8,10-11,20H,9,12-16H2,1H3. The Morgan fingerprint density at radius 2 is 1.67 bits per heavy atom. The molecular formula is C21H25NO3S2. The number of hydrogen-bond donors (Lipinski definition) is 0. The van der Waals surface area contributed by atoms with Crippen LogP contribution in [0.2, 0.25) is 0 Å². The molecule has 27 heavy (non-hydrogen) atoms. The Labute approximate surface area is 165 Å². The molecule has 1 amide bonds. The number of benzene rings is 2. The summed E-state index contributed by atoms with van der Waals surface area (Å²) in [6, 6.07) is 16.9. The molecule has 0 atom stereocenters. The number of carbonyl (C=O) groups excluding carboxylic acids is 1.